The average molecular weight is 437 g/mol. The van der Waals surface area contributed by atoms with Crippen molar-refractivity contribution in [3.05, 3.63) is 42.2 Å². The first-order chi connectivity index (χ1) is 15.8. The SMILES string of the molecule is CCCCCCCCCc1cnc(-c2ccc(OCCCCCC3CCCC3)cc2)nc1. The first-order valence-corrected chi connectivity index (χ1v) is 13.4. The lowest BCUT2D eigenvalue weighted by molar-refractivity contribution is 0.302. The molecule has 1 aliphatic carbocycles. The van der Waals surface area contributed by atoms with E-state index in [0.29, 0.717) is 0 Å². The van der Waals surface area contributed by atoms with E-state index in [0.717, 1.165) is 42.5 Å². The summed E-state index contributed by atoms with van der Waals surface area (Å²) in [6.45, 7) is 3.08. The maximum atomic E-state index is 5.93. The normalized spacial score (nSPS) is 14.2. The zero-order valence-corrected chi connectivity index (χ0v) is 20.4. The molecular weight excluding hydrogens is 392 g/mol. The Morgan fingerprint density at radius 1 is 0.781 bits per heavy atom. The van der Waals surface area contributed by atoms with Crippen LogP contribution in [0, 0.1) is 5.92 Å². The van der Waals surface area contributed by atoms with Crippen molar-refractivity contribution in [2.24, 2.45) is 5.92 Å². The van der Waals surface area contributed by atoms with Crippen LogP contribution in [0.2, 0.25) is 0 Å². The predicted octanol–water partition coefficient (Wildman–Crippen LogP) is 8.57. The zero-order chi connectivity index (χ0) is 22.3. The van der Waals surface area contributed by atoms with E-state index in [4.69, 9.17) is 4.74 Å². The van der Waals surface area contributed by atoms with Gasteiger partial charge in [-0.05, 0) is 55.0 Å². The van der Waals surface area contributed by atoms with E-state index in [1.165, 1.54) is 95.5 Å². The third kappa shape index (κ3) is 9.30. The summed E-state index contributed by atoms with van der Waals surface area (Å²) in [5, 5.41) is 0. The van der Waals surface area contributed by atoms with Crippen LogP contribution in [0.4, 0.5) is 0 Å². The van der Waals surface area contributed by atoms with Crippen LogP contribution in [0.5, 0.6) is 5.75 Å². The van der Waals surface area contributed by atoms with Gasteiger partial charge in [0.15, 0.2) is 5.82 Å². The number of hydrogen-bond acceptors (Lipinski definition) is 3. The topological polar surface area (TPSA) is 35.0 Å². The van der Waals surface area contributed by atoms with Crippen molar-refractivity contribution in [1.29, 1.82) is 0 Å². The smallest absolute Gasteiger partial charge is 0.159 e. The van der Waals surface area contributed by atoms with E-state index >= 15 is 0 Å². The van der Waals surface area contributed by atoms with E-state index in [9.17, 15) is 0 Å². The minimum absolute atomic E-state index is 0.798. The lowest BCUT2D eigenvalue weighted by Crippen LogP contribution is -1.99. The van der Waals surface area contributed by atoms with Crippen LogP contribution < -0.4 is 4.74 Å². The van der Waals surface area contributed by atoms with Gasteiger partial charge < -0.3 is 4.74 Å². The molecule has 1 aliphatic rings. The van der Waals surface area contributed by atoms with Crippen LogP contribution in [0.15, 0.2) is 36.7 Å². The fourth-order valence-corrected chi connectivity index (χ4v) is 4.82. The summed E-state index contributed by atoms with van der Waals surface area (Å²) in [6, 6.07) is 8.23. The third-order valence-corrected chi connectivity index (χ3v) is 6.89. The summed E-state index contributed by atoms with van der Waals surface area (Å²) >= 11 is 0. The molecule has 0 bridgehead atoms. The fraction of sp³-hybridized carbons (Fsp3) is 0.655. The van der Waals surface area contributed by atoms with Gasteiger partial charge in [-0.2, -0.15) is 0 Å². The monoisotopic (exact) mass is 436 g/mol. The van der Waals surface area contributed by atoms with Gasteiger partial charge in [-0.25, -0.2) is 9.97 Å². The lowest BCUT2D eigenvalue weighted by Gasteiger charge is -2.09. The summed E-state index contributed by atoms with van der Waals surface area (Å²) < 4.78 is 5.93. The number of hydrogen-bond donors (Lipinski definition) is 0. The molecule has 0 aliphatic heterocycles. The molecule has 0 atom stereocenters. The van der Waals surface area contributed by atoms with Gasteiger partial charge in [0.1, 0.15) is 5.75 Å². The highest BCUT2D eigenvalue weighted by Crippen LogP contribution is 2.29. The molecule has 176 valence electrons. The summed E-state index contributed by atoms with van der Waals surface area (Å²) in [6.07, 6.45) is 25.5. The molecule has 0 unspecified atom stereocenters. The highest BCUT2D eigenvalue weighted by Gasteiger charge is 2.13. The van der Waals surface area contributed by atoms with Crippen LogP contribution in [-0.2, 0) is 6.42 Å². The van der Waals surface area contributed by atoms with Gasteiger partial charge in [0, 0.05) is 18.0 Å². The highest BCUT2D eigenvalue weighted by atomic mass is 16.5. The van der Waals surface area contributed by atoms with E-state index in [1.807, 2.05) is 24.5 Å². The molecular formula is C29H44N2O. The van der Waals surface area contributed by atoms with Crippen LogP contribution in [0.1, 0.15) is 109 Å². The second-order valence-corrected chi connectivity index (χ2v) is 9.66. The Hall–Kier alpha value is -1.90. The largest absolute Gasteiger partial charge is 0.494 e. The van der Waals surface area contributed by atoms with E-state index in [2.05, 4.69) is 29.0 Å². The lowest BCUT2D eigenvalue weighted by atomic mass is 10.0. The van der Waals surface area contributed by atoms with Crippen molar-refractivity contribution < 1.29 is 4.74 Å². The number of rotatable bonds is 16. The molecule has 32 heavy (non-hydrogen) atoms. The van der Waals surface area contributed by atoms with E-state index in [1.54, 1.807) is 0 Å². The number of benzene rings is 1. The molecule has 0 spiro atoms. The van der Waals surface area contributed by atoms with Crippen LogP contribution in [-0.4, -0.2) is 16.6 Å². The Labute approximate surface area is 196 Å². The van der Waals surface area contributed by atoms with Gasteiger partial charge in [0.2, 0.25) is 0 Å². The van der Waals surface area contributed by atoms with Crippen molar-refractivity contribution in [3.8, 4) is 17.1 Å². The Kier molecular flexibility index (Phi) is 11.6. The molecule has 0 amide bonds. The van der Waals surface area contributed by atoms with Crippen LogP contribution in [0.3, 0.4) is 0 Å². The van der Waals surface area contributed by atoms with Gasteiger partial charge in [0.05, 0.1) is 6.61 Å². The third-order valence-electron chi connectivity index (χ3n) is 6.89. The number of aryl methyl sites for hydroxylation is 1. The maximum Gasteiger partial charge on any atom is 0.159 e. The van der Waals surface area contributed by atoms with Gasteiger partial charge in [-0.15, -0.1) is 0 Å². The number of nitrogens with zero attached hydrogens (tertiary/aromatic N) is 2. The first-order valence-electron chi connectivity index (χ1n) is 13.4. The Balaban J connectivity index is 1.29. The molecule has 0 radical (unpaired) electrons. The van der Waals surface area contributed by atoms with Gasteiger partial charge >= 0.3 is 0 Å². The molecule has 2 aromatic rings. The summed E-state index contributed by atoms with van der Waals surface area (Å²) in [5.74, 6) is 2.76. The summed E-state index contributed by atoms with van der Waals surface area (Å²) in [4.78, 5) is 9.19. The first kappa shape index (κ1) is 24.7. The Morgan fingerprint density at radius 3 is 2.16 bits per heavy atom. The summed E-state index contributed by atoms with van der Waals surface area (Å²) in [5.41, 5.74) is 2.30. The van der Waals surface area contributed by atoms with Crippen molar-refractivity contribution in [2.45, 2.75) is 110 Å². The molecule has 0 saturated heterocycles. The molecule has 1 heterocycles. The Morgan fingerprint density at radius 2 is 1.44 bits per heavy atom. The predicted molar refractivity (Wildman–Crippen MR) is 135 cm³/mol. The molecule has 3 rings (SSSR count). The minimum atomic E-state index is 0.798. The second kappa shape index (κ2) is 15.0. The van der Waals surface area contributed by atoms with Gasteiger partial charge in [0.25, 0.3) is 0 Å². The van der Waals surface area contributed by atoms with Crippen molar-refractivity contribution in [2.75, 3.05) is 6.61 Å². The number of ether oxygens (including phenoxy) is 1. The molecule has 1 aromatic heterocycles. The molecule has 3 heteroatoms. The molecule has 1 fully saturated rings. The van der Waals surface area contributed by atoms with Gasteiger partial charge in [-0.3, -0.25) is 0 Å². The van der Waals surface area contributed by atoms with Crippen molar-refractivity contribution >= 4 is 0 Å². The van der Waals surface area contributed by atoms with Crippen LogP contribution >= 0.6 is 0 Å². The standard InChI is InChI=1S/C29H44N2O/c1-2-3-4-5-6-7-9-17-26-23-30-29(31-24-26)27-18-20-28(21-19-27)32-22-13-8-10-14-25-15-11-12-16-25/h18-21,23-25H,2-17,22H2,1H3. The minimum Gasteiger partial charge on any atom is -0.494 e. The van der Waals surface area contributed by atoms with Gasteiger partial charge in [-0.1, -0.05) is 90.4 Å². The summed E-state index contributed by atoms with van der Waals surface area (Å²) in [7, 11) is 0. The van der Waals surface area contributed by atoms with Crippen LogP contribution in [0.25, 0.3) is 11.4 Å². The number of aromatic nitrogens is 2. The molecule has 1 aromatic carbocycles. The van der Waals surface area contributed by atoms with Crippen molar-refractivity contribution in [1.82, 2.24) is 9.97 Å². The molecule has 1 saturated carbocycles. The van der Waals surface area contributed by atoms with E-state index in [-0.39, 0.29) is 0 Å². The fourth-order valence-electron chi connectivity index (χ4n) is 4.82. The quantitative estimate of drug-likeness (QED) is 0.247. The number of unbranched alkanes of at least 4 members (excludes halogenated alkanes) is 8. The Bertz CT molecular complexity index is 720. The average Bonchev–Trinajstić information content (AvgIpc) is 3.35. The molecule has 0 N–H and O–H groups in total. The zero-order valence-electron chi connectivity index (χ0n) is 20.4. The van der Waals surface area contributed by atoms with Crippen molar-refractivity contribution in [3.63, 3.8) is 0 Å². The highest BCUT2D eigenvalue weighted by molar-refractivity contribution is 5.55. The molecule has 3 nitrogen and oxygen atoms in total. The maximum absolute atomic E-state index is 5.93. The van der Waals surface area contributed by atoms with E-state index < -0.39 is 0 Å². The second-order valence-electron chi connectivity index (χ2n) is 9.66.